The first-order chi connectivity index (χ1) is 12.4. The maximum absolute atomic E-state index is 13.4. The molecule has 2 rings (SSSR count). The molecule has 0 amide bonds. The molecule has 0 aliphatic carbocycles. The molecule has 9 heteroatoms. The Morgan fingerprint density at radius 3 is 2.37 bits per heavy atom. The number of nitrogens with one attached hydrogen (secondary N) is 1. The highest BCUT2D eigenvalue weighted by molar-refractivity contribution is 9.10. The number of hydrogen-bond donors (Lipinski definition) is 3. The van der Waals surface area contributed by atoms with Crippen molar-refractivity contribution in [2.24, 2.45) is 17.4 Å². The van der Waals surface area contributed by atoms with Gasteiger partial charge in [-0.25, -0.2) is 0 Å². The molecule has 5 nitrogen and oxygen atoms in total. The van der Waals surface area contributed by atoms with E-state index in [0.717, 1.165) is 12.1 Å². The third-order valence-corrected chi connectivity index (χ3v) is 4.98. The average Bonchev–Trinajstić information content (AvgIpc) is 2.51. The van der Waals surface area contributed by atoms with Crippen LogP contribution >= 0.6 is 15.9 Å². The number of hydrogen-bond acceptors (Lipinski definition) is 5. The van der Waals surface area contributed by atoms with Gasteiger partial charge in [0, 0.05) is 15.7 Å². The lowest BCUT2D eigenvalue weighted by molar-refractivity contribution is -0.137. The second kappa shape index (κ2) is 6.93. The summed E-state index contributed by atoms with van der Waals surface area (Å²) in [6.45, 7) is 4.95. The first-order valence-electron chi connectivity index (χ1n) is 7.89. The summed E-state index contributed by atoms with van der Waals surface area (Å²) in [7, 11) is 0. The number of benzene rings is 1. The first-order valence-corrected chi connectivity index (χ1v) is 8.68. The van der Waals surface area contributed by atoms with E-state index in [0.29, 0.717) is 0 Å². The highest BCUT2D eigenvalue weighted by atomic mass is 79.9. The predicted octanol–water partition coefficient (Wildman–Crippen LogP) is 4.30. The fourth-order valence-electron chi connectivity index (χ4n) is 3.52. The Kier molecular flexibility index (Phi) is 5.34. The standard InChI is InChI=1S/C18H18BrF3N4O/c1-8(2)17(10-4-11(18(20,21)22)6-12(19)5-10)13(7-23)15(25)27-16(26)14(17)9(3)24/h4-6,8,26H,24-25H2,1-3H3/b14-9+,26-16?. The molecule has 0 spiro atoms. The number of ether oxygens (including phenoxy) is 1. The Labute approximate surface area is 163 Å². The predicted molar refractivity (Wildman–Crippen MR) is 98.2 cm³/mol. The maximum atomic E-state index is 13.4. The summed E-state index contributed by atoms with van der Waals surface area (Å²) >= 11 is 3.11. The molecular formula is C18H18BrF3N4O. The van der Waals surface area contributed by atoms with Crippen molar-refractivity contribution in [1.82, 2.24) is 0 Å². The summed E-state index contributed by atoms with van der Waals surface area (Å²) < 4.78 is 45.5. The minimum atomic E-state index is -4.60. The molecule has 1 heterocycles. The van der Waals surface area contributed by atoms with Gasteiger partial charge in [-0.15, -0.1) is 0 Å². The molecule has 0 saturated heterocycles. The number of rotatable bonds is 2. The van der Waals surface area contributed by atoms with Crippen LogP contribution in [0.5, 0.6) is 0 Å². The number of halogens is 4. The Hall–Kier alpha value is -2.47. The van der Waals surface area contributed by atoms with Gasteiger partial charge in [0.15, 0.2) is 0 Å². The fraction of sp³-hybridized carbons (Fsp3) is 0.333. The van der Waals surface area contributed by atoms with Crippen LogP contribution in [0.1, 0.15) is 31.9 Å². The van der Waals surface area contributed by atoms with E-state index in [1.54, 1.807) is 13.8 Å². The first kappa shape index (κ1) is 20.8. The Morgan fingerprint density at radius 1 is 1.33 bits per heavy atom. The highest BCUT2D eigenvalue weighted by Gasteiger charge is 2.51. The van der Waals surface area contributed by atoms with Gasteiger partial charge in [-0.2, -0.15) is 18.4 Å². The van der Waals surface area contributed by atoms with E-state index >= 15 is 0 Å². The second-order valence-electron chi connectivity index (χ2n) is 6.53. The van der Waals surface area contributed by atoms with Crippen LogP contribution in [0, 0.1) is 22.7 Å². The van der Waals surface area contributed by atoms with Crippen molar-refractivity contribution in [3.8, 4) is 6.07 Å². The summed E-state index contributed by atoms with van der Waals surface area (Å²) in [5.41, 5.74) is 9.82. The molecule has 1 aromatic carbocycles. The lowest BCUT2D eigenvalue weighted by atomic mass is 9.60. The fourth-order valence-corrected chi connectivity index (χ4v) is 4.02. The molecule has 1 aliphatic heterocycles. The van der Waals surface area contributed by atoms with E-state index in [4.69, 9.17) is 21.6 Å². The monoisotopic (exact) mass is 442 g/mol. The molecule has 0 radical (unpaired) electrons. The third kappa shape index (κ3) is 3.30. The second-order valence-corrected chi connectivity index (χ2v) is 7.44. The minimum absolute atomic E-state index is 0.0838. The summed E-state index contributed by atoms with van der Waals surface area (Å²) in [5.74, 6) is -1.18. The largest absolute Gasteiger partial charge is 0.422 e. The third-order valence-electron chi connectivity index (χ3n) is 4.53. The van der Waals surface area contributed by atoms with Gasteiger partial charge in [0.05, 0.1) is 11.0 Å². The van der Waals surface area contributed by atoms with E-state index in [-0.39, 0.29) is 32.8 Å². The lowest BCUT2D eigenvalue weighted by Gasteiger charge is -2.43. The molecule has 0 aromatic heterocycles. The van der Waals surface area contributed by atoms with Crippen LogP contribution in [0.4, 0.5) is 13.2 Å². The number of nitrogens with zero attached hydrogens (tertiary/aromatic N) is 1. The number of alkyl halides is 3. The van der Waals surface area contributed by atoms with E-state index < -0.39 is 29.0 Å². The molecular weight excluding hydrogens is 425 g/mol. The average molecular weight is 443 g/mol. The molecule has 0 fully saturated rings. The van der Waals surface area contributed by atoms with Crippen molar-refractivity contribution in [3.05, 3.63) is 56.5 Å². The summed E-state index contributed by atoms with van der Waals surface area (Å²) in [6.07, 6.45) is -4.60. The van der Waals surface area contributed by atoms with Gasteiger partial charge < -0.3 is 16.2 Å². The molecule has 1 atom stereocenters. The van der Waals surface area contributed by atoms with Crippen LogP contribution in [-0.2, 0) is 16.3 Å². The van der Waals surface area contributed by atoms with Gasteiger partial charge in [-0.1, -0.05) is 29.8 Å². The van der Waals surface area contributed by atoms with Crippen LogP contribution < -0.4 is 11.5 Å². The molecule has 1 aromatic rings. The zero-order chi connectivity index (χ0) is 20.7. The molecule has 144 valence electrons. The molecule has 5 N–H and O–H groups in total. The number of nitriles is 1. The van der Waals surface area contributed by atoms with Gasteiger partial charge in [0.1, 0.15) is 11.6 Å². The molecule has 1 unspecified atom stereocenters. The van der Waals surface area contributed by atoms with Crippen LogP contribution in [0.15, 0.2) is 45.4 Å². The normalized spacial score (nSPS) is 22.6. The van der Waals surface area contributed by atoms with Gasteiger partial charge >= 0.3 is 6.18 Å². The molecule has 0 bridgehead atoms. The summed E-state index contributed by atoms with van der Waals surface area (Å²) in [6, 6.07) is 5.33. The Morgan fingerprint density at radius 2 is 1.93 bits per heavy atom. The van der Waals surface area contributed by atoms with Crippen LogP contribution in [-0.4, -0.2) is 5.90 Å². The maximum Gasteiger partial charge on any atom is 0.416 e. The number of allylic oxidation sites excluding steroid dienone is 2. The summed E-state index contributed by atoms with van der Waals surface area (Å²) in [4.78, 5) is 0. The van der Waals surface area contributed by atoms with Crippen molar-refractivity contribution < 1.29 is 17.9 Å². The zero-order valence-corrected chi connectivity index (χ0v) is 16.4. The zero-order valence-electron chi connectivity index (χ0n) is 14.8. The van der Waals surface area contributed by atoms with Gasteiger partial charge in [0.2, 0.25) is 11.8 Å². The smallest absolute Gasteiger partial charge is 0.416 e. The SMILES string of the molecule is C/C(N)=C1/C(=N)OC(N)=C(C#N)C1(c1cc(Br)cc(C(F)(F)F)c1)C(C)C. The van der Waals surface area contributed by atoms with Crippen molar-refractivity contribution in [1.29, 1.82) is 10.7 Å². The molecule has 1 aliphatic rings. The quantitative estimate of drug-likeness (QED) is 0.634. The highest BCUT2D eigenvalue weighted by Crippen LogP contribution is 2.51. The van der Waals surface area contributed by atoms with E-state index in [9.17, 15) is 18.4 Å². The van der Waals surface area contributed by atoms with E-state index in [1.165, 1.54) is 13.0 Å². The van der Waals surface area contributed by atoms with Crippen LogP contribution in [0.3, 0.4) is 0 Å². The van der Waals surface area contributed by atoms with E-state index in [1.807, 2.05) is 6.07 Å². The molecule has 27 heavy (non-hydrogen) atoms. The number of nitrogens with two attached hydrogens (primary N) is 2. The van der Waals surface area contributed by atoms with Crippen LogP contribution in [0.2, 0.25) is 0 Å². The van der Waals surface area contributed by atoms with Gasteiger partial charge in [-0.05, 0) is 36.6 Å². The Bertz CT molecular complexity index is 908. The van der Waals surface area contributed by atoms with Crippen molar-refractivity contribution in [2.45, 2.75) is 32.4 Å². The van der Waals surface area contributed by atoms with Crippen LogP contribution in [0.25, 0.3) is 0 Å². The van der Waals surface area contributed by atoms with Gasteiger partial charge in [0.25, 0.3) is 0 Å². The van der Waals surface area contributed by atoms with Crippen molar-refractivity contribution >= 4 is 21.8 Å². The van der Waals surface area contributed by atoms with Gasteiger partial charge in [-0.3, -0.25) is 5.41 Å². The van der Waals surface area contributed by atoms with E-state index in [2.05, 4.69) is 15.9 Å². The Balaban J connectivity index is 3.06. The summed E-state index contributed by atoms with van der Waals surface area (Å²) in [5, 5.41) is 17.9. The molecule has 0 saturated carbocycles. The topological polar surface area (TPSA) is 109 Å². The lowest BCUT2D eigenvalue weighted by Crippen LogP contribution is -2.46. The minimum Gasteiger partial charge on any atom is -0.422 e. The van der Waals surface area contributed by atoms with Crippen molar-refractivity contribution in [3.63, 3.8) is 0 Å². The van der Waals surface area contributed by atoms with Crippen molar-refractivity contribution in [2.75, 3.05) is 0 Å².